The van der Waals surface area contributed by atoms with Crippen LogP contribution in [0.3, 0.4) is 0 Å². The number of likely N-dealkylation sites (tertiary alicyclic amines) is 1. The number of hydrogen-bond donors (Lipinski definition) is 2. The Morgan fingerprint density at radius 2 is 2.11 bits per heavy atom. The minimum absolute atomic E-state index is 0.0454. The van der Waals surface area contributed by atoms with Crippen LogP contribution in [0.15, 0.2) is 30.3 Å². The lowest BCUT2D eigenvalue weighted by Gasteiger charge is -2.24. The topological polar surface area (TPSA) is 64.7 Å². The van der Waals surface area contributed by atoms with E-state index in [4.69, 9.17) is 0 Å². The van der Waals surface area contributed by atoms with Crippen LogP contribution in [-0.2, 0) is 9.59 Å². The van der Waals surface area contributed by atoms with E-state index in [9.17, 15) is 9.59 Å². The number of para-hydroxylation sites is 1. The number of rotatable bonds is 8. The van der Waals surface area contributed by atoms with Gasteiger partial charge in [-0.05, 0) is 58.7 Å². The highest BCUT2D eigenvalue weighted by Gasteiger charge is 2.52. The second-order valence-corrected chi connectivity index (χ2v) is 8.38. The smallest absolute Gasteiger partial charge is 0.242 e. The highest BCUT2D eigenvalue weighted by atomic mass is 16.2. The van der Waals surface area contributed by atoms with Crippen LogP contribution in [0, 0.1) is 5.41 Å². The molecule has 0 aliphatic carbocycles. The average molecular weight is 387 g/mol. The lowest BCUT2D eigenvalue weighted by Crippen LogP contribution is -2.42. The van der Waals surface area contributed by atoms with Gasteiger partial charge in [0.1, 0.15) is 6.04 Å². The van der Waals surface area contributed by atoms with Gasteiger partial charge in [0.25, 0.3) is 0 Å². The Morgan fingerprint density at radius 1 is 1.36 bits per heavy atom. The van der Waals surface area contributed by atoms with E-state index in [1.54, 1.807) is 0 Å². The number of nitrogens with one attached hydrogen (secondary N) is 2. The first-order valence-electron chi connectivity index (χ1n) is 10.6. The van der Waals surface area contributed by atoms with Crippen molar-refractivity contribution in [3.63, 3.8) is 0 Å². The summed E-state index contributed by atoms with van der Waals surface area (Å²) < 4.78 is 0. The standard InChI is InChI=1S/C22H34N4O2/c1-4-25(18-9-6-5-7-10-18)13-8-12-23-20(27)19-15-22(21(28)24-19)11-14-26(16-22)17(2)3/h5-7,9-10,17,19H,4,8,11-16H2,1-3H3,(H,23,27)(H,24,28)/t19-,22+/m0/s1. The van der Waals surface area contributed by atoms with Crippen LogP contribution in [0.5, 0.6) is 0 Å². The Bertz CT molecular complexity index is 678. The van der Waals surface area contributed by atoms with Crippen molar-refractivity contribution >= 4 is 17.5 Å². The lowest BCUT2D eigenvalue weighted by atomic mass is 9.84. The zero-order chi connectivity index (χ0) is 20.1. The van der Waals surface area contributed by atoms with Crippen molar-refractivity contribution in [1.82, 2.24) is 15.5 Å². The second-order valence-electron chi connectivity index (χ2n) is 8.38. The lowest BCUT2D eigenvalue weighted by molar-refractivity contribution is -0.128. The first-order valence-corrected chi connectivity index (χ1v) is 10.6. The quantitative estimate of drug-likeness (QED) is 0.671. The van der Waals surface area contributed by atoms with Gasteiger partial charge in [0.2, 0.25) is 11.8 Å². The van der Waals surface area contributed by atoms with Crippen LogP contribution in [0.25, 0.3) is 0 Å². The molecule has 3 rings (SSSR count). The Kier molecular flexibility index (Phi) is 6.60. The molecular formula is C22H34N4O2. The summed E-state index contributed by atoms with van der Waals surface area (Å²) in [6.45, 7) is 10.6. The zero-order valence-corrected chi connectivity index (χ0v) is 17.4. The van der Waals surface area contributed by atoms with E-state index < -0.39 is 6.04 Å². The monoisotopic (exact) mass is 386 g/mol. The second kappa shape index (κ2) is 8.95. The largest absolute Gasteiger partial charge is 0.372 e. The van der Waals surface area contributed by atoms with E-state index >= 15 is 0 Å². The third-order valence-electron chi connectivity index (χ3n) is 6.22. The number of benzene rings is 1. The summed E-state index contributed by atoms with van der Waals surface area (Å²) in [7, 11) is 0. The van der Waals surface area contributed by atoms with E-state index in [1.165, 1.54) is 5.69 Å². The van der Waals surface area contributed by atoms with E-state index in [0.29, 0.717) is 19.0 Å². The fourth-order valence-electron chi connectivity index (χ4n) is 4.41. The molecule has 1 aromatic rings. The Hall–Kier alpha value is -2.08. The maximum Gasteiger partial charge on any atom is 0.242 e. The van der Waals surface area contributed by atoms with Gasteiger partial charge in [-0.25, -0.2) is 0 Å². The number of amides is 2. The van der Waals surface area contributed by atoms with Gasteiger partial charge in [-0.15, -0.1) is 0 Å². The predicted molar refractivity (Wildman–Crippen MR) is 112 cm³/mol. The molecule has 2 aliphatic rings. The molecule has 0 saturated carbocycles. The summed E-state index contributed by atoms with van der Waals surface area (Å²) >= 11 is 0. The highest BCUT2D eigenvalue weighted by Crippen LogP contribution is 2.40. The van der Waals surface area contributed by atoms with Gasteiger partial charge in [0, 0.05) is 37.9 Å². The molecule has 2 N–H and O–H groups in total. The van der Waals surface area contributed by atoms with Gasteiger partial charge < -0.3 is 15.5 Å². The summed E-state index contributed by atoms with van der Waals surface area (Å²) in [5.74, 6) is 0.00742. The van der Waals surface area contributed by atoms with Crippen LogP contribution in [0.2, 0.25) is 0 Å². The molecule has 0 radical (unpaired) electrons. The maximum atomic E-state index is 12.6. The van der Waals surface area contributed by atoms with Crippen LogP contribution >= 0.6 is 0 Å². The molecule has 2 atom stereocenters. The predicted octanol–water partition coefficient (Wildman–Crippen LogP) is 2.01. The molecule has 6 heteroatoms. The zero-order valence-electron chi connectivity index (χ0n) is 17.4. The molecule has 2 saturated heterocycles. The molecule has 28 heavy (non-hydrogen) atoms. The van der Waals surface area contributed by atoms with E-state index in [1.807, 2.05) is 18.2 Å². The van der Waals surface area contributed by atoms with Crippen molar-refractivity contribution in [3.8, 4) is 0 Å². The van der Waals surface area contributed by atoms with Gasteiger partial charge in [-0.1, -0.05) is 18.2 Å². The van der Waals surface area contributed by atoms with Crippen LogP contribution < -0.4 is 15.5 Å². The number of anilines is 1. The molecule has 2 fully saturated rings. The first-order chi connectivity index (χ1) is 13.4. The molecule has 0 bridgehead atoms. The Labute approximate surface area is 168 Å². The van der Waals surface area contributed by atoms with Gasteiger partial charge >= 0.3 is 0 Å². The number of hydrogen-bond acceptors (Lipinski definition) is 4. The molecule has 1 aromatic carbocycles. The summed E-state index contributed by atoms with van der Waals surface area (Å²) in [6, 6.07) is 10.4. The van der Waals surface area contributed by atoms with Crippen molar-refractivity contribution in [3.05, 3.63) is 30.3 Å². The first kappa shape index (κ1) is 20.6. The highest BCUT2D eigenvalue weighted by molar-refractivity contribution is 5.94. The third-order valence-corrected chi connectivity index (χ3v) is 6.22. The Morgan fingerprint density at radius 3 is 2.75 bits per heavy atom. The normalized spacial score (nSPS) is 24.7. The van der Waals surface area contributed by atoms with Crippen molar-refractivity contribution in [2.75, 3.05) is 37.6 Å². The van der Waals surface area contributed by atoms with Crippen molar-refractivity contribution in [2.24, 2.45) is 5.41 Å². The van der Waals surface area contributed by atoms with Gasteiger partial charge in [-0.2, -0.15) is 0 Å². The third kappa shape index (κ3) is 4.49. The van der Waals surface area contributed by atoms with E-state index in [-0.39, 0.29) is 17.2 Å². The molecule has 2 aliphatic heterocycles. The molecule has 154 valence electrons. The number of nitrogens with zero attached hydrogens (tertiary/aromatic N) is 2. The maximum absolute atomic E-state index is 12.6. The van der Waals surface area contributed by atoms with Gasteiger partial charge in [0.05, 0.1) is 5.41 Å². The minimum Gasteiger partial charge on any atom is -0.372 e. The molecule has 0 aromatic heterocycles. The minimum atomic E-state index is -0.393. The van der Waals surface area contributed by atoms with Crippen LogP contribution in [0.1, 0.15) is 40.0 Å². The molecular weight excluding hydrogens is 352 g/mol. The molecule has 0 unspecified atom stereocenters. The average Bonchev–Trinajstić information content (AvgIpc) is 3.27. The van der Waals surface area contributed by atoms with Crippen LogP contribution in [-0.4, -0.2) is 61.5 Å². The summed E-state index contributed by atoms with van der Waals surface area (Å²) in [4.78, 5) is 29.8. The van der Waals surface area contributed by atoms with E-state index in [2.05, 4.69) is 53.3 Å². The number of carbonyl (C=O) groups is 2. The summed E-state index contributed by atoms with van der Waals surface area (Å²) in [6.07, 6.45) is 2.34. The van der Waals surface area contributed by atoms with Crippen LogP contribution in [0.4, 0.5) is 5.69 Å². The van der Waals surface area contributed by atoms with Crippen molar-refractivity contribution in [1.29, 1.82) is 0 Å². The molecule has 6 nitrogen and oxygen atoms in total. The molecule has 2 amide bonds. The van der Waals surface area contributed by atoms with E-state index in [0.717, 1.165) is 39.0 Å². The van der Waals surface area contributed by atoms with Crippen molar-refractivity contribution < 1.29 is 9.59 Å². The molecule has 2 heterocycles. The Balaban J connectivity index is 1.44. The van der Waals surface area contributed by atoms with Crippen molar-refractivity contribution in [2.45, 2.75) is 52.1 Å². The summed E-state index contributed by atoms with van der Waals surface area (Å²) in [5, 5.41) is 5.97. The fourth-order valence-corrected chi connectivity index (χ4v) is 4.41. The SMILES string of the molecule is CCN(CCCNC(=O)[C@@H]1C[C@@]2(CCN(C(C)C)C2)C(=O)N1)c1ccccc1. The van der Waals surface area contributed by atoms with Gasteiger partial charge in [-0.3, -0.25) is 14.5 Å². The van der Waals surface area contributed by atoms with Gasteiger partial charge in [0.15, 0.2) is 0 Å². The fraction of sp³-hybridized carbons (Fsp3) is 0.636. The molecule has 1 spiro atoms. The summed E-state index contributed by atoms with van der Waals surface area (Å²) in [5.41, 5.74) is 0.829. The number of carbonyl (C=O) groups excluding carboxylic acids is 2.